The van der Waals surface area contributed by atoms with Crippen molar-refractivity contribution in [3.63, 3.8) is 0 Å². The molecule has 0 unspecified atom stereocenters. The van der Waals surface area contributed by atoms with Crippen LogP contribution < -0.4 is 5.32 Å². The zero-order valence-electron chi connectivity index (χ0n) is 12.9. The minimum atomic E-state index is 0.340. The number of aromatic hydroxyl groups is 1. The fourth-order valence-corrected chi connectivity index (χ4v) is 5.89. The molecule has 0 aliphatic heterocycles. The quantitative estimate of drug-likeness (QED) is 0.803. The fourth-order valence-electron chi connectivity index (χ4n) is 5.89. The SMILES string of the molecule is Oc1ccc2[nH]c(CNC34CC5CC(CC(C5)C3)C4)cc2c1. The highest BCUT2D eigenvalue weighted by atomic mass is 16.3. The van der Waals surface area contributed by atoms with E-state index in [1.807, 2.05) is 12.1 Å². The van der Waals surface area contributed by atoms with Gasteiger partial charge < -0.3 is 15.4 Å². The van der Waals surface area contributed by atoms with Crippen LogP contribution in [0.25, 0.3) is 10.9 Å². The minimum absolute atomic E-state index is 0.340. The van der Waals surface area contributed by atoms with Gasteiger partial charge in [-0.2, -0.15) is 0 Å². The van der Waals surface area contributed by atoms with E-state index < -0.39 is 0 Å². The van der Waals surface area contributed by atoms with Crippen molar-refractivity contribution in [2.24, 2.45) is 17.8 Å². The third kappa shape index (κ3) is 2.06. The van der Waals surface area contributed by atoms with Crippen molar-refractivity contribution in [1.29, 1.82) is 0 Å². The molecule has 2 aromatic rings. The Kier molecular flexibility index (Phi) is 2.67. The van der Waals surface area contributed by atoms with E-state index in [9.17, 15) is 5.11 Å². The Morgan fingerprint density at radius 3 is 2.41 bits per heavy atom. The molecule has 4 aliphatic rings. The lowest BCUT2D eigenvalue weighted by molar-refractivity contribution is -0.0207. The number of fused-ring (bicyclic) bond motifs is 1. The number of hydrogen-bond acceptors (Lipinski definition) is 2. The van der Waals surface area contributed by atoms with Crippen LogP contribution in [0.5, 0.6) is 5.75 Å². The minimum Gasteiger partial charge on any atom is -0.508 e. The summed E-state index contributed by atoms with van der Waals surface area (Å²) in [5.41, 5.74) is 2.75. The van der Waals surface area contributed by atoms with Gasteiger partial charge in [0.1, 0.15) is 5.75 Å². The van der Waals surface area contributed by atoms with Crippen LogP contribution >= 0.6 is 0 Å². The Morgan fingerprint density at radius 1 is 1.05 bits per heavy atom. The number of hydrogen-bond donors (Lipinski definition) is 3. The fraction of sp³-hybridized carbons (Fsp3) is 0.579. The smallest absolute Gasteiger partial charge is 0.116 e. The highest BCUT2D eigenvalue weighted by Crippen LogP contribution is 2.55. The molecule has 1 aromatic heterocycles. The number of aromatic nitrogens is 1. The molecule has 0 radical (unpaired) electrons. The van der Waals surface area contributed by atoms with Crippen LogP contribution in [-0.4, -0.2) is 15.6 Å². The van der Waals surface area contributed by atoms with E-state index in [0.717, 1.165) is 35.2 Å². The van der Waals surface area contributed by atoms with Crippen molar-refractivity contribution < 1.29 is 5.11 Å². The molecule has 3 N–H and O–H groups in total. The number of H-pyrrole nitrogens is 1. The van der Waals surface area contributed by atoms with E-state index in [0.29, 0.717) is 11.3 Å². The van der Waals surface area contributed by atoms with Gasteiger partial charge in [-0.3, -0.25) is 0 Å². The molecule has 3 heteroatoms. The number of phenols is 1. The first-order chi connectivity index (χ1) is 10.7. The van der Waals surface area contributed by atoms with Gasteiger partial charge in [0.2, 0.25) is 0 Å². The molecule has 4 fully saturated rings. The molecule has 0 atom stereocenters. The van der Waals surface area contributed by atoms with Gasteiger partial charge >= 0.3 is 0 Å². The van der Waals surface area contributed by atoms with Crippen molar-refractivity contribution in [1.82, 2.24) is 10.3 Å². The van der Waals surface area contributed by atoms with Crippen molar-refractivity contribution >= 4 is 10.9 Å². The van der Waals surface area contributed by atoms with E-state index in [1.54, 1.807) is 6.07 Å². The number of phenolic OH excluding ortho intramolecular Hbond substituents is 1. The first-order valence-corrected chi connectivity index (χ1v) is 8.73. The van der Waals surface area contributed by atoms with Gasteiger partial charge in [-0.25, -0.2) is 0 Å². The van der Waals surface area contributed by atoms with Crippen LogP contribution in [0, 0.1) is 17.8 Å². The monoisotopic (exact) mass is 296 g/mol. The van der Waals surface area contributed by atoms with Gasteiger partial charge in [0, 0.05) is 28.7 Å². The Bertz CT molecular complexity index is 682. The maximum absolute atomic E-state index is 9.59. The predicted molar refractivity (Wildman–Crippen MR) is 87.7 cm³/mol. The number of nitrogens with one attached hydrogen (secondary N) is 2. The second-order valence-electron chi connectivity index (χ2n) is 8.12. The molecule has 4 aliphatic carbocycles. The molecular formula is C19H24N2O. The highest BCUT2D eigenvalue weighted by molar-refractivity contribution is 5.81. The van der Waals surface area contributed by atoms with Crippen LogP contribution in [0.3, 0.4) is 0 Å². The summed E-state index contributed by atoms with van der Waals surface area (Å²) >= 11 is 0. The van der Waals surface area contributed by atoms with Crippen molar-refractivity contribution in [2.45, 2.75) is 50.6 Å². The maximum atomic E-state index is 9.59. The third-order valence-electron chi connectivity index (χ3n) is 6.35. The summed E-state index contributed by atoms with van der Waals surface area (Å²) in [5, 5.41) is 14.6. The van der Waals surface area contributed by atoms with Gasteiger partial charge in [0.05, 0.1) is 0 Å². The van der Waals surface area contributed by atoms with Crippen LogP contribution in [0.2, 0.25) is 0 Å². The second-order valence-corrected chi connectivity index (χ2v) is 8.12. The summed E-state index contributed by atoms with van der Waals surface area (Å²) in [4.78, 5) is 3.48. The topological polar surface area (TPSA) is 48.0 Å². The largest absolute Gasteiger partial charge is 0.508 e. The number of benzene rings is 1. The van der Waals surface area contributed by atoms with Crippen molar-refractivity contribution in [3.05, 3.63) is 30.0 Å². The Balaban J connectivity index is 1.35. The lowest BCUT2D eigenvalue weighted by Crippen LogP contribution is -2.58. The van der Waals surface area contributed by atoms with E-state index in [4.69, 9.17) is 0 Å². The van der Waals surface area contributed by atoms with Crippen molar-refractivity contribution in [3.8, 4) is 5.75 Å². The summed E-state index contributed by atoms with van der Waals surface area (Å²) in [7, 11) is 0. The lowest BCUT2D eigenvalue weighted by atomic mass is 9.53. The van der Waals surface area contributed by atoms with Gasteiger partial charge in [-0.1, -0.05) is 0 Å². The van der Waals surface area contributed by atoms with Crippen LogP contribution in [0.15, 0.2) is 24.3 Å². The highest BCUT2D eigenvalue weighted by Gasteiger charge is 2.50. The molecule has 1 aromatic carbocycles. The summed E-state index contributed by atoms with van der Waals surface area (Å²) in [6.07, 6.45) is 8.64. The molecule has 22 heavy (non-hydrogen) atoms. The Morgan fingerprint density at radius 2 is 1.73 bits per heavy atom. The predicted octanol–water partition coefficient (Wildman–Crippen LogP) is 3.93. The molecule has 1 heterocycles. The molecule has 0 spiro atoms. The van der Waals surface area contributed by atoms with Crippen molar-refractivity contribution in [2.75, 3.05) is 0 Å². The van der Waals surface area contributed by atoms with Gasteiger partial charge in [0.15, 0.2) is 0 Å². The average molecular weight is 296 g/mol. The molecule has 0 amide bonds. The number of aromatic amines is 1. The van der Waals surface area contributed by atoms with E-state index >= 15 is 0 Å². The lowest BCUT2D eigenvalue weighted by Gasteiger charge is -2.57. The molecule has 4 saturated carbocycles. The van der Waals surface area contributed by atoms with E-state index in [2.05, 4.69) is 16.4 Å². The standard InChI is InChI=1S/C19H24N2O/c22-17-1-2-18-15(7-17)6-16(21-18)11-20-19-8-12-3-13(9-19)5-14(4-12)10-19/h1-2,6-7,12-14,20-22H,3-5,8-11H2. The van der Waals surface area contributed by atoms with Crippen LogP contribution in [-0.2, 0) is 6.54 Å². The molecule has 0 saturated heterocycles. The molecule has 116 valence electrons. The van der Waals surface area contributed by atoms with Crippen LogP contribution in [0.1, 0.15) is 44.2 Å². The summed E-state index contributed by atoms with van der Waals surface area (Å²) in [6, 6.07) is 7.70. The van der Waals surface area contributed by atoms with Gasteiger partial charge in [0.25, 0.3) is 0 Å². The average Bonchev–Trinajstić information content (AvgIpc) is 2.86. The van der Waals surface area contributed by atoms with Gasteiger partial charge in [-0.15, -0.1) is 0 Å². The van der Waals surface area contributed by atoms with E-state index in [1.165, 1.54) is 44.2 Å². The first kappa shape index (κ1) is 13.0. The third-order valence-corrected chi connectivity index (χ3v) is 6.35. The van der Waals surface area contributed by atoms with Crippen LogP contribution in [0.4, 0.5) is 0 Å². The summed E-state index contributed by atoms with van der Waals surface area (Å²) in [5.74, 6) is 3.29. The molecular weight excluding hydrogens is 272 g/mol. The second kappa shape index (κ2) is 4.51. The Labute approximate surface area is 131 Å². The molecule has 4 bridgehead atoms. The molecule has 6 rings (SSSR count). The van der Waals surface area contributed by atoms with E-state index in [-0.39, 0.29) is 0 Å². The Hall–Kier alpha value is -1.48. The number of rotatable bonds is 3. The van der Waals surface area contributed by atoms with Gasteiger partial charge in [-0.05, 0) is 80.5 Å². The maximum Gasteiger partial charge on any atom is 0.116 e. The first-order valence-electron chi connectivity index (χ1n) is 8.73. The zero-order valence-corrected chi connectivity index (χ0v) is 12.9. The molecule has 3 nitrogen and oxygen atoms in total. The summed E-state index contributed by atoms with van der Waals surface area (Å²) < 4.78 is 0. The zero-order chi connectivity index (χ0) is 14.7. The summed E-state index contributed by atoms with van der Waals surface area (Å²) in [6.45, 7) is 0.918. The normalized spacial score (nSPS) is 36.3.